The molecule has 1 aliphatic heterocycles. The van der Waals surface area contributed by atoms with Gasteiger partial charge >= 0.3 is 6.18 Å². The second-order valence-corrected chi connectivity index (χ2v) is 5.89. The highest BCUT2D eigenvalue weighted by Gasteiger charge is 2.32. The Bertz CT molecular complexity index is 478. The molecule has 0 aliphatic carbocycles. The smallest absolute Gasteiger partial charge is 0.314 e. The first kappa shape index (κ1) is 19.7. The van der Waals surface area contributed by atoms with E-state index in [4.69, 9.17) is 0 Å². The lowest BCUT2D eigenvalue weighted by molar-refractivity contribution is -0.138. The van der Waals surface area contributed by atoms with Gasteiger partial charge in [0.1, 0.15) is 5.82 Å². The maximum Gasteiger partial charge on any atom is 0.389 e. The van der Waals surface area contributed by atoms with E-state index in [1.807, 2.05) is 4.90 Å². The molecule has 0 radical (unpaired) electrons. The molecule has 1 aliphatic rings. The number of benzene rings is 1. The number of hydrogen-bond acceptors (Lipinski definition) is 2. The molecule has 126 valence electrons. The minimum Gasteiger partial charge on any atom is -0.314 e. The topological polar surface area (TPSA) is 15.3 Å². The first-order valence-electron chi connectivity index (χ1n) is 6.84. The number of nitrogens with one attached hydrogen (secondary N) is 1. The Labute approximate surface area is 141 Å². The lowest BCUT2D eigenvalue weighted by atomic mass is 9.99. The third-order valence-electron chi connectivity index (χ3n) is 3.63. The van der Waals surface area contributed by atoms with Crippen LogP contribution in [0.5, 0.6) is 0 Å². The normalized spacial score (nSPS) is 17.9. The Kier molecular flexibility index (Phi) is 7.58. The maximum absolute atomic E-state index is 13.7. The predicted octanol–water partition coefficient (Wildman–Crippen LogP) is 4.30. The van der Waals surface area contributed by atoms with Crippen LogP contribution >= 0.6 is 28.3 Å². The van der Waals surface area contributed by atoms with Gasteiger partial charge in [-0.25, -0.2) is 4.39 Å². The van der Waals surface area contributed by atoms with E-state index in [9.17, 15) is 17.6 Å². The summed E-state index contributed by atoms with van der Waals surface area (Å²) in [5.74, 6) is -0.445. The Morgan fingerprint density at radius 1 is 1.23 bits per heavy atom. The monoisotopic (exact) mass is 404 g/mol. The molecule has 1 aromatic carbocycles. The Hall–Kier alpha value is -0.370. The molecule has 1 atom stereocenters. The van der Waals surface area contributed by atoms with Crippen molar-refractivity contribution in [2.45, 2.75) is 25.1 Å². The number of nitrogens with zero attached hydrogens (tertiary/aromatic N) is 1. The first-order chi connectivity index (χ1) is 9.88. The van der Waals surface area contributed by atoms with E-state index in [-0.39, 0.29) is 23.3 Å². The molecule has 1 aromatic rings. The van der Waals surface area contributed by atoms with Crippen molar-refractivity contribution in [1.29, 1.82) is 0 Å². The van der Waals surface area contributed by atoms with Gasteiger partial charge in [0.05, 0.1) is 4.47 Å². The largest absolute Gasteiger partial charge is 0.389 e. The van der Waals surface area contributed by atoms with Gasteiger partial charge in [-0.3, -0.25) is 4.90 Å². The van der Waals surface area contributed by atoms with E-state index in [1.54, 1.807) is 6.07 Å². The van der Waals surface area contributed by atoms with E-state index < -0.39 is 24.5 Å². The highest BCUT2D eigenvalue weighted by molar-refractivity contribution is 9.10. The van der Waals surface area contributed by atoms with Gasteiger partial charge in [-0.1, -0.05) is 12.1 Å². The van der Waals surface area contributed by atoms with Crippen LogP contribution < -0.4 is 5.32 Å². The van der Waals surface area contributed by atoms with E-state index >= 15 is 0 Å². The zero-order valence-corrected chi connectivity index (χ0v) is 14.2. The Morgan fingerprint density at radius 2 is 1.86 bits per heavy atom. The maximum atomic E-state index is 13.7. The fourth-order valence-electron chi connectivity index (χ4n) is 2.61. The van der Waals surface area contributed by atoms with Crippen molar-refractivity contribution in [3.63, 3.8) is 0 Å². The third-order valence-corrected chi connectivity index (χ3v) is 4.47. The minimum absolute atomic E-state index is 0. The summed E-state index contributed by atoms with van der Waals surface area (Å²) in [6, 6.07) is 4.10. The van der Waals surface area contributed by atoms with Crippen LogP contribution in [-0.4, -0.2) is 37.3 Å². The number of halogens is 6. The number of rotatable bonds is 4. The number of piperazine rings is 1. The molecule has 0 spiro atoms. The molecular weight excluding hydrogens is 388 g/mol. The van der Waals surface area contributed by atoms with E-state index in [1.165, 1.54) is 12.1 Å². The van der Waals surface area contributed by atoms with Gasteiger partial charge in [-0.15, -0.1) is 12.4 Å². The van der Waals surface area contributed by atoms with Crippen LogP contribution in [0.15, 0.2) is 22.7 Å². The fourth-order valence-corrected chi connectivity index (χ4v) is 3.14. The van der Waals surface area contributed by atoms with Gasteiger partial charge in [-0.2, -0.15) is 13.2 Å². The van der Waals surface area contributed by atoms with E-state index in [0.717, 1.165) is 13.1 Å². The number of alkyl halides is 3. The lowest BCUT2D eigenvalue weighted by Crippen LogP contribution is -2.45. The van der Waals surface area contributed by atoms with Gasteiger partial charge in [-0.05, 0) is 34.0 Å². The average molecular weight is 406 g/mol. The summed E-state index contributed by atoms with van der Waals surface area (Å²) in [5, 5.41) is 3.17. The first-order valence-corrected chi connectivity index (χ1v) is 7.63. The zero-order chi connectivity index (χ0) is 15.5. The van der Waals surface area contributed by atoms with Crippen LogP contribution in [-0.2, 0) is 0 Å². The Balaban J connectivity index is 0.00000242. The highest BCUT2D eigenvalue weighted by Crippen LogP contribution is 2.35. The lowest BCUT2D eigenvalue weighted by Gasteiger charge is -2.36. The standard InChI is InChI=1S/C14H17BrF4N2.ClH/c15-13-10(2-1-3-11(13)16)12(4-5-14(17,18)19)21-8-6-20-7-9-21;/h1-3,12,20H,4-9H2;1H/t12-;/m1./s1. The summed E-state index contributed by atoms with van der Waals surface area (Å²) in [7, 11) is 0. The van der Waals surface area contributed by atoms with Crippen molar-refractivity contribution in [3.05, 3.63) is 34.1 Å². The van der Waals surface area contributed by atoms with Gasteiger partial charge in [0.2, 0.25) is 0 Å². The average Bonchev–Trinajstić information content (AvgIpc) is 2.43. The van der Waals surface area contributed by atoms with Gasteiger partial charge in [0.25, 0.3) is 0 Å². The van der Waals surface area contributed by atoms with Crippen LogP contribution in [0.4, 0.5) is 17.6 Å². The third kappa shape index (κ3) is 5.37. The van der Waals surface area contributed by atoms with E-state index in [0.29, 0.717) is 18.7 Å². The van der Waals surface area contributed by atoms with E-state index in [2.05, 4.69) is 21.2 Å². The molecule has 22 heavy (non-hydrogen) atoms. The molecule has 1 N–H and O–H groups in total. The summed E-state index contributed by atoms with van der Waals surface area (Å²) in [5.41, 5.74) is 0.584. The van der Waals surface area contributed by atoms with Gasteiger partial charge < -0.3 is 5.32 Å². The fraction of sp³-hybridized carbons (Fsp3) is 0.571. The zero-order valence-electron chi connectivity index (χ0n) is 11.8. The highest BCUT2D eigenvalue weighted by atomic mass is 79.9. The summed E-state index contributed by atoms with van der Waals surface area (Å²) in [6.45, 7) is 2.78. The molecule has 1 heterocycles. The summed E-state index contributed by atoms with van der Waals surface area (Å²) < 4.78 is 51.6. The van der Waals surface area contributed by atoms with Crippen LogP contribution in [0, 0.1) is 5.82 Å². The summed E-state index contributed by atoms with van der Waals surface area (Å²) in [4.78, 5) is 1.99. The van der Waals surface area contributed by atoms with Crippen molar-refractivity contribution >= 4 is 28.3 Å². The molecular formula is C14H18BrClF4N2. The molecule has 1 fully saturated rings. The molecule has 8 heteroatoms. The molecule has 0 bridgehead atoms. The SMILES string of the molecule is Cl.Fc1cccc([C@@H](CCC(F)(F)F)N2CCNCC2)c1Br. The van der Waals surface area contributed by atoms with Crippen LogP contribution in [0.2, 0.25) is 0 Å². The van der Waals surface area contributed by atoms with Crippen molar-refractivity contribution in [2.24, 2.45) is 0 Å². The molecule has 1 saturated heterocycles. The molecule has 2 rings (SSSR count). The minimum atomic E-state index is -4.20. The number of hydrogen-bond donors (Lipinski definition) is 1. The molecule has 0 amide bonds. The Morgan fingerprint density at radius 3 is 2.45 bits per heavy atom. The summed E-state index contributed by atoms with van der Waals surface area (Å²) in [6.07, 6.45) is -5.14. The second-order valence-electron chi connectivity index (χ2n) is 5.10. The second kappa shape index (κ2) is 8.47. The van der Waals surface area contributed by atoms with Crippen LogP contribution in [0.25, 0.3) is 0 Å². The molecule has 2 nitrogen and oxygen atoms in total. The molecule has 0 aromatic heterocycles. The van der Waals surface area contributed by atoms with Gasteiger partial charge in [0.15, 0.2) is 0 Å². The van der Waals surface area contributed by atoms with Gasteiger partial charge in [0, 0.05) is 38.6 Å². The quantitative estimate of drug-likeness (QED) is 0.752. The van der Waals surface area contributed by atoms with Crippen molar-refractivity contribution < 1.29 is 17.6 Å². The van der Waals surface area contributed by atoms with Crippen molar-refractivity contribution in [1.82, 2.24) is 10.2 Å². The van der Waals surface area contributed by atoms with Crippen molar-refractivity contribution in [2.75, 3.05) is 26.2 Å². The van der Waals surface area contributed by atoms with Crippen molar-refractivity contribution in [3.8, 4) is 0 Å². The molecule has 0 saturated carbocycles. The molecule has 0 unspecified atom stereocenters. The predicted molar refractivity (Wildman–Crippen MR) is 83.8 cm³/mol. The summed E-state index contributed by atoms with van der Waals surface area (Å²) >= 11 is 3.17. The van der Waals surface area contributed by atoms with Crippen LogP contribution in [0.1, 0.15) is 24.4 Å². The van der Waals surface area contributed by atoms with Crippen LogP contribution in [0.3, 0.4) is 0 Å².